The summed E-state index contributed by atoms with van der Waals surface area (Å²) in [5.74, 6) is 0.937. The van der Waals surface area contributed by atoms with E-state index in [1.54, 1.807) is 11.3 Å². The molecule has 6 rings (SSSR count). The topological polar surface area (TPSA) is 83.7 Å². The second-order valence-corrected chi connectivity index (χ2v) is 17.2. The van der Waals surface area contributed by atoms with Gasteiger partial charge in [0, 0.05) is 23.2 Å². The highest BCUT2D eigenvalue weighted by Gasteiger charge is 2.72. The van der Waals surface area contributed by atoms with Crippen molar-refractivity contribution in [3.8, 4) is 6.07 Å². The number of hydrogen-bond donors (Lipinski definition) is 0. The minimum Gasteiger partial charge on any atom is -0.299 e. The lowest BCUT2D eigenvalue weighted by atomic mass is 9.31. The van der Waals surface area contributed by atoms with Crippen LogP contribution in [0.3, 0.4) is 0 Å². The molecule has 4 fully saturated rings. The molecule has 5 nitrogen and oxygen atoms in total. The third-order valence-corrected chi connectivity index (χ3v) is 14.5. The molecule has 0 saturated heterocycles. The zero-order valence-electron chi connectivity index (χ0n) is 25.1. The maximum absolute atomic E-state index is 14.7. The second-order valence-electron chi connectivity index (χ2n) is 16.0. The summed E-state index contributed by atoms with van der Waals surface area (Å²) in [5, 5.41) is 21.3. The summed E-state index contributed by atoms with van der Waals surface area (Å²) in [6.07, 6.45) is 9.93. The fraction of sp³-hybridized carbons (Fsp3) is 0.788. The molecule has 0 amide bonds. The lowest BCUT2D eigenvalue weighted by Crippen LogP contribution is -2.69. The number of ketones is 2. The molecule has 4 saturated carbocycles. The fourth-order valence-corrected chi connectivity index (χ4v) is 12.2. The van der Waals surface area contributed by atoms with Crippen molar-refractivity contribution >= 4 is 22.9 Å². The molecule has 5 aliphatic carbocycles. The Morgan fingerprint density at radius 2 is 1.62 bits per heavy atom. The van der Waals surface area contributed by atoms with Crippen LogP contribution in [0.25, 0.3) is 0 Å². The van der Waals surface area contributed by atoms with Crippen LogP contribution < -0.4 is 0 Å². The number of fused-ring (bicyclic) bond motifs is 7. The number of nitriles is 1. The molecule has 0 bridgehead atoms. The third kappa shape index (κ3) is 3.35. The predicted octanol–water partition coefficient (Wildman–Crippen LogP) is 7.40. The van der Waals surface area contributed by atoms with E-state index in [0.717, 1.165) is 55.0 Å². The van der Waals surface area contributed by atoms with Gasteiger partial charge in [-0.15, -0.1) is 21.5 Å². The molecule has 39 heavy (non-hydrogen) atoms. The largest absolute Gasteiger partial charge is 0.299 e. The van der Waals surface area contributed by atoms with E-state index in [4.69, 9.17) is 5.10 Å². The van der Waals surface area contributed by atoms with Crippen molar-refractivity contribution in [2.45, 2.75) is 112 Å². The number of nitrogens with zero attached hydrogens (tertiary/aromatic N) is 3. The van der Waals surface area contributed by atoms with E-state index >= 15 is 0 Å². The Kier molecular flexibility index (Phi) is 5.68. The van der Waals surface area contributed by atoms with Gasteiger partial charge in [0.2, 0.25) is 0 Å². The molecule has 0 spiro atoms. The van der Waals surface area contributed by atoms with Crippen molar-refractivity contribution in [3.05, 3.63) is 21.7 Å². The van der Waals surface area contributed by atoms with E-state index in [2.05, 4.69) is 45.8 Å². The fourth-order valence-electron chi connectivity index (χ4n) is 11.2. The second kappa shape index (κ2) is 8.11. The number of Topliss-reactive ketones (excluding diaryl/α,β-unsaturated/α-hetero) is 2. The molecule has 0 N–H and O–H groups in total. The molecule has 1 aromatic rings. The minimum absolute atomic E-state index is 0.00841. The van der Waals surface area contributed by atoms with Gasteiger partial charge in [0.15, 0.2) is 5.78 Å². The average Bonchev–Trinajstić information content (AvgIpc) is 3.29. The van der Waals surface area contributed by atoms with Gasteiger partial charge >= 0.3 is 0 Å². The molecule has 5 aliphatic rings. The maximum atomic E-state index is 14.7. The molecule has 0 aliphatic heterocycles. The molecular formula is C33H45N3O2S. The van der Waals surface area contributed by atoms with Gasteiger partial charge < -0.3 is 0 Å². The number of aryl methyl sites for hydroxylation is 1. The SMILES string of the molecule is Cc1nnc([C@]23CCC(C)(C)CC2C2C(=O)C[C@@H]4[C@@]5(C)C=C(C#N)C(=O)C(C)(C)[C@@H]5CC[C@@]4(C)[C@]2(C)CC3)s1. The molecule has 6 heteroatoms. The first-order valence-corrected chi connectivity index (χ1v) is 15.9. The monoisotopic (exact) mass is 547 g/mol. The molecule has 0 radical (unpaired) electrons. The minimum atomic E-state index is -0.596. The van der Waals surface area contributed by atoms with Gasteiger partial charge in [0.25, 0.3) is 0 Å². The Bertz CT molecular complexity index is 1330. The van der Waals surface area contributed by atoms with Crippen molar-refractivity contribution in [2.75, 3.05) is 0 Å². The molecule has 0 aromatic carbocycles. The Balaban J connectivity index is 1.49. The summed E-state index contributed by atoms with van der Waals surface area (Å²) in [4.78, 5) is 28.0. The quantitative estimate of drug-likeness (QED) is 0.366. The van der Waals surface area contributed by atoms with Crippen molar-refractivity contribution in [2.24, 2.45) is 50.7 Å². The number of carbonyl (C=O) groups excluding carboxylic acids is 2. The number of aromatic nitrogens is 2. The highest BCUT2D eigenvalue weighted by atomic mass is 32.1. The molecule has 210 valence electrons. The van der Waals surface area contributed by atoms with Crippen molar-refractivity contribution in [3.63, 3.8) is 0 Å². The Morgan fingerprint density at radius 3 is 2.26 bits per heavy atom. The first-order valence-electron chi connectivity index (χ1n) is 15.1. The first kappa shape index (κ1) is 27.3. The van der Waals surface area contributed by atoms with Crippen molar-refractivity contribution < 1.29 is 9.59 Å². The summed E-state index contributed by atoms with van der Waals surface area (Å²) in [7, 11) is 0. The number of rotatable bonds is 1. The summed E-state index contributed by atoms with van der Waals surface area (Å²) in [5.41, 5.74) is -0.683. The van der Waals surface area contributed by atoms with Crippen LogP contribution in [0.4, 0.5) is 0 Å². The van der Waals surface area contributed by atoms with Crippen LogP contribution in [0.15, 0.2) is 11.6 Å². The Hall–Kier alpha value is -1.87. The van der Waals surface area contributed by atoms with E-state index in [9.17, 15) is 14.9 Å². The highest BCUT2D eigenvalue weighted by molar-refractivity contribution is 7.11. The van der Waals surface area contributed by atoms with Gasteiger partial charge in [-0.2, -0.15) is 5.26 Å². The van der Waals surface area contributed by atoms with Crippen LogP contribution in [-0.2, 0) is 15.0 Å². The van der Waals surface area contributed by atoms with Crippen LogP contribution in [0.5, 0.6) is 0 Å². The van der Waals surface area contributed by atoms with E-state index in [0.29, 0.717) is 17.8 Å². The van der Waals surface area contributed by atoms with Gasteiger partial charge in [0.1, 0.15) is 21.9 Å². The third-order valence-electron chi connectivity index (χ3n) is 13.4. The lowest BCUT2D eigenvalue weighted by Gasteiger charge is -2.71. The van der Waals surface area contributed by atoms with Gasteiger partial charge in [-0.1, -0.05) is 54.5 Å². The molecule has 2 unspecified atom stereocenters. The van der Waals surface area contributed by atoms with E-state index in [-0.39, 0.29) is 56.5 Å². The Labute approximate surface area is 238 Å². The highest BCUT2D eigenvalue weighted by Crippen LogP contribution is 2.76. The van der Waals surface area contributed by atoms with Crippen LogP contribution in [-0.4, -0.2) is 21.8 Å². The number of carbonyl (C=O) groups is 2. The van der Waals surface area contributed by atoms with Crippen LogP contribution in [0.1, 0.15) is 110 Å². The van der Waals surface area contributed by atoms with Crippen LogP contribution >= 0.6 is 11.3 Å². The predicted molar refractivity (Wildman–Crippen MR) is 153 cm³/mol. The first-order chi connectivity index (χ1) is 18.1. The number of allylic oxidation sites excluding steroid dienone is 2. The summed E-state index contributed by atoms with van der Waals surface area (Å²) >= 11 is 1.75. The smallest absolute Gasteiger partial charge is 0.178 e. The summed E-state index contributed by atoms with van der Waals surface area (Å²) in [6.45, 7) is 18.0. The van der Waals surface area contributed by atoms with Crippen LogP contribution in [0, 0.1) is 69.0 Å². The molecule has 1 aromatic heterocycles. The summed E-state index contributed by atoms with van der Waals surface area (Å²) < 4.78 is 0. The Morgan fingerprint density at radius 1 is 0.923 bits per heavy atom. The molecule has 8 atom stereocenters. The van der Waals surface area contributed by atoms with Gasteiger partial charge in [-0.05, 0) is 91.3 Å². The van der Waals surface area contributed by atoms with Gasteiger partial charge in [-0.3, -0.25) is 9.59 Å². The van der Waals surface area contributed by atoms with Crippen LogP contribution in [0.2, 0.25) is 0 Å². The normalized spacial score (nSPS) is 46.2. The van der Waals surface area contributed by atoms with E-state index in [1.165, 1.54) is 0 Å². The summed E-state index contributed by atoms with van der Waals surface area (Å²) in [6, 6.07) is 2.24. The lowest BCUT2D eigenvalue weighted by molar-refractivity contribution is -0.214. The average molecular weight is 548 g/mol. The van der Waals surface area contributed by atoms with Gasteiger partial charge in [-0.25, -0.2) is 0 Å². The van der Waals surface area contributed by atoms with Crippen molar-refractivity contribution in [1.29, 1.82) is 5.26 Å². The van der Waals surface area contributed by atoms with E-state index < -0.39 is 5.41 Å². The van der Waals surface area contributed by atoms with Gasteiger partial charge in [0.05, 0.1) is 5.57 Å². The zero-order valence-corrected chi connectivity index (χ0v) is 25.9. The number of hydrogen-bond acceptors (Lipinski definition) is 6. The zero-order chi connectivity index (χ0) is 28.4. The standard InChI is InChI=1S/C33H45N3O2S/c1-19-35-36-27(39-19)33-13-11-28(2,3)17-21(33)25-22(37)15-24-30(6)16-20(18-34)26(38)29(4,5)23(30)9-10-31(24,7)32(25,8)12-14-33/h16,21,23-25H,9-15,17H2,1-8H3/t21?,23-,24+,25?,30-,31+,32+,33-/m0/s1. The van der Waals surface area contributed by atoms with E-state index in [1.807, 2.05) is 26.8 Å². The molecular weight excluding hydrogens is 502 g/mol. The van der Waals surface area contributed by atoms with Crippen molar-refractivity contribution in [1.82, 2.24) is 10.2 Å². The molecule has 1 heterocycles. The maximum Gasteiger partial charge on any atom is 0.178 e.